The summed E-state index contributed by atoms with van der Waals surface area (Å²) in [5.74, 6) is 1.91. The van der Waals surface area contributed by atoms with Crippen molar-refractivity contribution in [3.8, 4) is 0 Å². The molecule has 2 fully saturated rings. The van der Waals surface area contributed by atoms with Crippen LogP contribution in [0, 0.1) is 0 Å². The maximum Gasteiger partial charge on any atom is 0.191 e. The molecule has 0 bridgehead atoms. The lowest BCUT2D eigenvalue weighted by molar-refractivity contribution is 0.120. The number of nitrogens with zero attached hydrogens (tertiary/aromatic N) is 4. The van der Waals surface area contributed by atoms with Gasteiger partial charge in [0.1, 0.15) is 5.82 Å². The van der Waals surface area contributed by atoms with Crippen molar-refractivity contribution in [3.05, 3.63) is 23.9 Å². The second-order valence-electron chi connectivity index (χ2n) is 7.79. The molecule has 1 saturated carbocycles. The first-order chi connectivity index (χ1) is 13.7. The van der Waals surface area contributed by atoms with Crippen LogP contribution in [0.1, 0.15) is 45.1 Å². The number of guanidine groups is 1. The van der Waals surface area contributed by atoms with Gasteiger partial charge in [0.05, 0.1) is 12.6 Å². The van der Waals surface area contributed by atoms with Crippen LogP contribution in [0.2, 0.25) is 0 Å². The van der Waals surface area contributed by atoms with Crippen molar-refractivity contribution in [2.45, 2.75) is 58.2 Å². The molecule has 0 radical (unpaired) electrons. The van der Waals surface area contributed by atoms with Crippen molar-refractivity contribution in [1.82, 2.24) is 20.5 Å². The van der Waals surface area contributed by atoms with E-state index in [1.807, 2.05) is 6.20 Å². The maximum atomic E-state index is 9.67. The Bertz CT molecular complexity index is 610. The van der Waals surface area contributed by atoms with Gasteiger partial charge in [-0.3, -0.25) is 0 Å². The number of halogens is 1. The monoisotopic (exact) mass is 516 g/mol. The van der Waals surface area contributed by atoms with E-state index < -0.39 is 0 Å². The molecule has 164 valence electrons. The molecule has 1 aromatic rings. The van der Waals surface area contributed by atoms with Gasteiger partial charge < -0.3 is 25.5 Å². The molecule has 8 heteroatoms. The normalized spacial score (nSPS) is 23.4. The Hall–Kier alpha value is -1.13. The Balaban J connectivity index is 0.00000300. The highest BCUT2D eigenvalue weighted by molar-refractivity contribution is 14.0. The molecule has 0 unspecified atom stereocenters. The lowest BCUT2D eigenvalue weighted by Crippen LogP contribution is -2.46. The van der Waals surface area contributed by atoms with Gasteiger partial charge in [-0.15, -0.1) is 24.0 Å². The van der Waals surface area contributed by atoms with E-state index in [2.05, 4.69) is 51.4 Å². The molecule has 1 aliphatic carbocycles. The lowest BCUT2D eigenvalue weighted by atomic mass is 9.93. The smallest absolute Gasteiger partial charge is 0.191 e. The van der Waals surface area contributed by atoms with Gasteiger partial charge in [-0.2, -0.15) is 0 Å². The predicted octanol–water partition coefficient (Wildman–Crippen LogP) is 2.20. The fourth-order valence-corrected chi connectivity index (χ4v) is 3.89. The zero-order valence-electron chi connectivity index (χ0n) is 17.8. The van der Waals surface area contributed by atoms with E-state index in [1.54, 1.807) is 0 Å². The molecule has 2 aliphatic rings. The fourth-order valence-electron chi connectivity index (χ4n) is 3.89. The summed E-state index contributed by atoms with van der Waals surface area (Å²) in [4.78, 5) is 14.2. The van der Waals surface area contributed by atoms with Crippen LogP contribution in [0.3, 0.4) is 0 Å². The highest BCUT2D eigenvalue weighted by Crippen LogP contribution is 2.18. The van der Waals surface area contributed by atoms with E-state index in [9.17, 15) is 5.11 Å². The molecule has 3 rings (SSSR count). The summed E-state index contributed by atoms with van der Waals surface area (Å²) in [6.45, 7) is 11.2. The SMILES string of the molecule is CCNC(=NCc1ccc(N2CCN(CC)CC2)nc1)NC1CCC(O)CC1.I. The highest BCUT2D eigenvalue weighted by Gasteiger charge is 2.20. The van der Waals surface area contributed by atoms with Crippen LogP contribution in [-0.2, 0) is 6.54 Å². The Morgan fingerprint density at radius 2 is 1.86 bits per heavy atom. The number of anilines is 1. The summed E-state index contributed by atoms with van der Waals surface area (Å²) < 4.78 is 0. The lowest BCUT2D eigenvalue weighted by Gasteiger charge is -2.34. The summed E-state index contributed by atoms with van der Waals surface area (Å²) in [5.41, 5.74) is 1.12. The van der Waals surface area contributed by atoms with Crippen LogP contribution in [0.5, 0.6) is 0 Å². The van der Waals surface area contributed by atoms with Gasteiger partial charge in [0.25, 0.3) is 0 Å². The summed E-state index contributed by atoms with van der Waals surface area (Å²) in [7, 11) is 0. The van der Waals surface area contributed by atoms with Crippen LogP contribution in [-0.4, -0.2) is 72.4 Å². The predicted molar refractivity (Wildman–Crippen MR) is 130 cm³/mol. The summed E-state index contributed by atoms with van der Waals surface area (Å²) >= 11 is 0. The number of hydrogen-bond acceptors (Lipinski definition) is 5. The maximum absolute atomic E-state index is 9.67. The first kappa shape index (κ1) is 24.1. The molecule has 0 aromatic carbocycles. The third kappa shape index (κ3) is 7.57. The topological polar surface area (TPSA) is 76.0 Å². The summed E-state index contributed by atoms with van der Waals surface area (Å²) in [5, 5.41) is 16.5. The number of aliphatic imine (C=N–C) groups is 1. The van der Waals surface area contributed by atoms with E-state index in [4.69, 9.17) is 4.99 Å². The number of pyridine rings is 1. The Kier molecular flexibility index (Phi) is 10.4. The average molecular weight is 516 g/mol. The van der Waals surface area contributed by atoms with Crippen molar-refractivity contribution in [1.29, 1.82) is 0 Å². The average Bonchev–Trinajstić information content (AvgIpc) is 2.74. The second kappa shape index (κ2) is 12.5. The van der Waals surface area contributed by atoms with Crippen LogP contribution in [0.15, 0.2) is 23.3 Å². The van der Waals surface area contributed by atoms with Crippen LogP contribution in [0.25, 0.3) is 0 Å². The molecular formula is C21H37IN6O. The minimum absolute atomic E-state index is 0. The number of aliphatic hydroxyl groups is 1. The molecular weight excluding hydrogens is 479 g/mol. The van der Waals surface area contributed by atoms with E-state index >= 15 is 0 Å². The van der Waals surface area contributed by atoms with Crippen molar-refractivity contribution < 1.29 is 5.11 Å². The van der Waals surface area contributed by atoms with Gasteiger partial charge in [0.2, 0.25) is 0 Å². The minimum atomic E-state index is -0.132. The van der Waals surface area contributed by atoms with E-state index in [-0.39, 0.29) is 30.1 Å². The van der Waals surface area contributed by atoms with Crippen molar-refractivity contribution in [2.75, 3.05) is 44.2 Å². The molecule has 7 nitrogen and oxygen atoms in total. The third-order valence-corrected chi connectivity index (χ3v) is 5.75. The standard InChI is InChI=1S/C21H36N6O.HI/c1-3-22-21(25-18-6-8-19(28)9-7-18)24-16-17-5-10-20(23-15-17)27-13-11-26(4-2)12-14-27;/h5,10,15,18-19,28H,3-4,6-9,11-14,16H2,1-2H3,(H2,22,24,25);1H. The van der Waals surface area contributed by atoms with E-state index in [0.29, 0.717) is 12.6 Å². The van der Waals surface area contributed by atoms with Gasteiger partial charge in [0.15, 0.2) is 5.96 Å². The molecule has 3 N–H and O–H groups in total. The number of piperazine rings is 1. The van der Waals surface area contributed by atoms with Crippen LogP contribution in [0.4, 0.5) is 5.82 Å². The highest BCUT2D eigenvalue weighted by atomic mass is 127. The Morgan fingerprint density at radius 3 is 2.45 bits per heavy atom. The Labute approximate surface area is 192 Å². The fraction of sp³-hybridized carbons (Fsp3) is 0.714. The number of rotatable bonds is 6. The zero-order valence-corrected chi connectivity index (χ0v) is 20.1. The second-order valence-corrected chi connectivity index (χ2v) is 7.79. The molecule has 0 atom stereocenters. The number of aliphatic hydroxyl groups excluding tert-OH is 1. The van der Waals surface area contributed by atoms with Gasteiger partial charge in [0, 0.05) is 45.0 Å². The van der Waals surface area contributed by atoms with Gasteiger partial charge in [-0.1, -0.05) is 13.0 Å². The first-order valence-corrected chi connectivity index (χ1v) is 10.8. The van der Waals surface area contributed by atoms with E-state index in [0.717, 1.165) is 82.3 Å². The molecule has 0 amide bonds. The number of aromatic nitrogens is 1. The van der Waals surface area contributed by atoms with Crippen LogP contribution >= 0.6 is 24.0 Å². The number of likely N-dealkylation sites (N-methyl/N-ethyl adjacent to an activating group) is 1. The first-order valence-electron chi connectivity index (χ1n) is 10.8. The third-order valence-electron chi connectivity index (χ3n) is 5.75. The van der Waals surface area contributed by atoms with Crippen molar-refractivity contribution >= 4 is 35.8 Å². The van der Waals surface area contributed by atoms with Gasteiger partial charge in [-0.25, -0.2) is 9.98 Å². The molecule has 1 aromatic heterocycles. The molecule has 1 aliphatic heterocycles. The summed E-state index contributed by atoms with van der Waals surface area (Å²) in [6.07, 6.45) is 5.54. The number of nitrogens with one attached hydrogen (secondary N) is 2. The largest absolute Gasteiger partial charge is 0.393 e. The zero-order chi connectivity index (χ0) is 19.8. The molecule has 2 heterocycles. The minimum Gasteiger partial charge on any atom is -0.393 e. The molecule has 1 saturated heterocycles. The van der Waals surface area contributed by atoms with Gasteiger partial charge in [-0.05, 0) is 50.8 Å². The van der Waals surface area contributed by atoms with Crippen LogP contribution < -0.4 is 15.5 Å². The quantitative estimate of drug-likeness (QED) is 0.306. The van der Waals surface area contributed by atoms with Gasteiger partial charge >= 0.3 is 0 Å². The van der Waals surface area contributed by atoms with E-state index in [1.165, 1.54) is 0 Å². The Morgan fingerprint density at radius 1 is 1.14 bits per heavy atom. The summed E-state index contributed by atoms with van der Waals surface area (Å²) in [6, 6.07) is 4.65. The van der Waals surface area contributed by atoms with Crippen molar-refractivity contribution in [2.24, 2.45) is 4.99 Å². The molecule has 0 spiro atoms. The molecule has 29 heavy (non-hydrogen) atoms. The number of hydrogen-bond donors (Lipinski definition) is 3. The van der Waals surface area contributed by atoms with Crippen molar-refractivity contribution in [3.63, 3.8) is 0 Å².